The lowest BCUT2D eigenvalue weighted by Crippen LogP contribution is -2.32. The van der Waals surface area contributed by atoms with Crippen LogP contribution in [0.25, 0.3) is 0 Å². The van der Waals surface area contributed by atoms with Crippen LogP contribution in [0.2, 0.25) is 0 Å². The summed E-state index contributed by atoms with van der Waals surface area (Å²) in [5.74, 6) is -0.0943. The van der Waals surface area contributed by atoms with Crippen LogP contribution in [-0.4, -0.2) is 35.3 Å². The minimum atomic E-state index is -3.45. The first-order valence-electron chi connectivity index (χ1n) is 7.66. The third kappa shape index (κ3) is 6.25. The summed E-state index contributed by atoms with van der Waals surface area (Å²) < 4.78 is 33.1. The van der Waals surface area contributed by atoms with Crippen LogP contribution < -0.4 is 16.1 Å². The van der Waals surface area contributed by atoms with E-state index < -0.39 is 21.4 Å². The summed E-state index contributed by atoms with van der Waals surface area (Å²) >= 11 is 0. The Balaban J connectivity index is 1.75. The van der Waals surface area contributed by atoms with Crippen LogP contribution >= 0.6 is 0 Å². The minimum Gasteiger partial charge on any atom is -0.361 e. The van der Waals surface area contributed by atoms with Crippen molar-refractivity contribution in [3.8, 4) is 0 Å². The Morgan fingerprint density at radius 3 is 2.68 bits per heavy atom. The zero-order chi connectivity index (χ0) is 18.3. The van der Waals surface area contributed by atoms with Crippen LogP contribution in [0.5, 0.6) is 0 Å². The van der Waals surface area contributed by atoms with E-state index in [1.165, 1.54) is 0 Å². The number of rotatable bonds is 9. The highest BCUT2D eigenvalue weighted by Gasteiger charge is 2.15. The molecule has 2 N–H and O–H groups in total. The molecule has 9 nitrogen and oxygen atoms in total. The predicted molar refractivity (Wildman–Crippen MR) is 91.5 cm³/mol. The largest absolute Gasteiger partial charge is 0.361 e. The van der Waals surface area contributed by atoms with E-state index in [4.69, 9.17) is 4.74 Å². The van der Waals surface area contributed by atoms with Crippen LogP contribution in [0, 0.1) is 0 Å². The summed E-state index contributed by atoms with van der Waals surface area (Å²) in [6, 6.07) is 8.95. The Kier molecular flexibility index (Phi) is 6.62. The summed E-state index contributed by atoms with van der Waals surface area (Å²) in [7, 11) is -3.45. The van der Waals surface area contributed by atoms with E-state index in [1.54, 1.807) is 6.92 Å². The number of hydrogen-bond donors (Lipinski definition) is 2. The van der Waals surface area contributed by atoms with Gasteiger partial charge in [0.15, 0.2) is 0 Å². The molecule has 0 saturated heterocycles. The third-order valence-electron chi connectivity index (χ3n) is 3.38. The van der Waals surface area contributed by atoms with Crippen LogP contribution in [0.15, 0.2) is 46.2 Å². The van der Waals surface area contributed by atoms with Gasteiger partial charge in [-0.1, -0.05) is 30.3 Å². The highest BCUT2D eigenvalue weighted by atomic mass is 32.2. The maximum absolute atomic E-state index is 12.1. The van der Waals surface area contributed by atoms with Gasteiger partial charge in [0.25, 0.3) is 0 Å². The van der Waals surface area contributed by atoms with Crippen molar-refractivity contribution < 1.29 is 13.2 Å². The number of ether oxygens (including phenoxy) is 1. The van der Waals surface area contributed by atoms with Gasteiger partial charge in [0.05, 0.1) is 5.75 Å². The van der Waals surface area contributed by atoms with Crippen molar-refractivity contribution >= 4 is 10.0 Å². The molecule has 0 bridgehead atoms. The van der Waals surface area contributed by atoms with Crippen molar-refractivity contribution in [2.24, 2.45) is 0 Å². The molecule has 2 rings (SSSR count). The number of H-pyrrole nitrogens is 1. The number of aromatic nitrogens is 3. The van der Waals surface area contributed by atoms with Gasteiger partial charge in [-0.15, -0.1) is 0 Å². The third-order valence-corrected chi connectivity index (χ3v) is 4.92. The molecule has 0 spiro atoms. The summed E-state index contributed by atoms with van der Waals surface area (Å²) in [4.78, 5) is 27.6. The first kappa shape index (κ1) is 19.0. The van der Waals surface area contributed by atoms with E-state index in [9.17, 15) is 18.0 Å². The van der Waals surface area contributed by atoms with Crippen LogP contribution in [0.4, 0.5) is 0 Å². The maximum atomic E-state index is 12.1. The lowest BCUT2D eigenvalue weighted by atomic mass is 10.1. The molecule has 1 aromatic heterocycles. The van der Waals surface area contributed by atoms with Gasteiger partial charge < -0.3 is 4.74 Å². The lowest BCUT2D eigenvalue weighted by Gasteiger charge is -2.14. The number of sulfonamides is 1. The van der Waals surface area contributed by atoms with Crippen LogP contribution in [-0.2, 0) is 21.5 Å². The van der Waals surface area contributed by atoms with Gasteiger partial charge in [-0.25, -0.2) is 22.7 Å². The number of hydrogen-bond acceptors (Lipinski definition) is 6. The Bertz CT molecular complexity index is 892. The SMILES string of the molecule is C[C@@H](NS(=O)(=O)CCCOCn1cnc(=O)[nH]c1=O)c1ccccc1. The van der Waals surface area contributed by atoms with Crippen molar-refractivity contribution in [2.75, 3.05) is 12.4 Å². The van der Waals surface area contributed by atoms with Crippen molar-refractivity contribution in [1.82, 2.24) is 19.3 Å². The standard InChI is InChI=1S/C15H20N4O5S/c1-12(13-6-3-2-4-7-13)18-25(22,23)9-5-8-24-11-19-10-16-14(20)17-15(19)21/h2-4,6-7,10,12,18H,5,8-9,11H2,1H3,(H,17,20,21)/t12-/m1/s1. The summed E-state index contributed by atoms with van der Waals surface area (Å²) in [6.45, 7) is 1.81. The number of nitrogens with one attached hydrogen (secondary N) is 2. The van der Waals surface area contributed by atoms with Gasteiger partial charge in [-0.2, -0.15) is 4.98 Å². The fourth-order valence-corrected chi connectivity index (χ4v) is 3.40. The zero-order valence-electron chi connectivity index (χ0n) is 13.7. The van der Waals surface area contributed by atoms with E-state index in [2.05, 4.69) is 9.71 Å². The lowest BCUT2D eigenvalue weighted by molar-refractivity contribution is 0.0735. The highest BCUT2D eigenvalue weighted by molar-refractivity contribution is 7.89. The van der Waals surface area contributed by atoms with E-state index in [1.807, 2.05) is 35.3 Å². The molecule has 0 amide bonds. The molecule has 1 atom stereocenters. The van der Waals surface area contributed by atoms with Crippen molar-refractivity contribution in [2.45, 2.75) is 26.1 Å². The molecule has 0 unspecified atom stereocenters. The molecule has 136 valence electrons. The van der Waals surface area contributed by atoms with Crippen LogP contribution in [0.3, 0.4) is 0 Å². The molecule has 0 aliphatic rings. The predicted octanol–water partition coefficient (Wildman–Crippen LogP) is -0.0236. The molecule has 1 aromatic carbocycles. The molecule has 2 aromatic rings. The quantitative estimate of drug-likeness (QED) is 0.600. The van der Waals surface area contributed by atoms with E-state index in [0.29, 0.717) is 0 Å². The Morgan fingerprint density at radius 2 is 2.00 bits per heavy atom. The average Bonchev–Trinajstić information content (AvgIpc) is 2.56. The topological polar surface area (TPSA) is 123 Å². The molecule has 0 fully saturated rings. The molecule has 1 heterocycles. The Morgan fingerprint density at radius 1 is 1.28 bits per heavy atom. The van der Waals surface area contributed by atoms with E-state index in [-0.39, 0.29) is 31.6 Å². The van der Waals surface area contributed by atoms with Crippen LogP contribution in [0.1, 0.15) is 24.9 Å². The summed E-state index contributed by atoms with van der Waals surface area (Å²) in [6.07, 6.45) is 1.34. The minimum absolute atomic E-state index is 0.0943. The van der Waals surface area contributed by atoms with E-state index in [0.717, 1.165) is 16.5 Å². The number of benzene rings is 1. The monoisotopic (exact) mass is 368 g/mol. The van der Waals surface area contributed by atoms with E-state index >= 15 is 0 Å². The van der Waals surface area contributed by atoms with Gasteiger partial charge >= 0.3 is 11.4 Å². The van der Waals surface area contributed by atoms with Gasteiger partial charge in [-0.3, -0.25) is 9.55 Å². The van der Waals surface area contributed by atoms with Crippen molar-refractivity contribution in [3.05, 3.63) is 63.2 Å². The molecule has 0 aliphatic heterocycles. The van der Waals surface area contributed by atoms with Gasteiger partial charge in [0.2, 0.25) is 10.0 Å². The number of nitrogens with zero attached hydrogens (tertiary/aromatic N) is 2. The Hall–Kier alpha value is -2.30. The summed E-state index contributed by atoms with van der Waals surface area (Å²) in [5, 5.41) is 0. The second-order valence-corrected chi connectivity index (χ2v) is 7.28. The molecule has 0 aliphatic carbocycles. The zero-order valence-corrected chi connectivity index (χ0v) is 14.5. The van der Waals surface area contributed by atoms with Gasteiger partial charge in [-0.05, 0) is 18.9 Å². The molecule has 10 heteroatoms. The summed E-state index contributed by atoms with van der Waals surface area (Å²) in [5.41, 5.74) is -0.482. The molecular formula is C15H20N4O5S. The normalized spacial score (nSPS) is 12.8. The first-order chi connectivity index (χ1) is 11.9. The van der Waals surface area contributed by atoms with Crippen molar-refractivity contribution in [1.29, 1.82) is 0 Å². The molecule has 0 radical (unpaired) electrons. The smallest absolute Gasteiger partial charge is 0.350 e. The molecule has 0 saturated carbocycles. The first-order valence-corrected chi connectivity index (χ1v) is 9.31. The maximum Gasteiger partial charge on any atom is 0.350 e. The van der Waals surface area contributed by atoms with Gasteiger partial charge in [0, 0.05) is 12.6 Å². The Labute approximate surface area is 144 Å². The average molecular weight is 368 g/mol. The molecular weight excluding hydrogens is 348 g/mol. The second-order valence-electron chi connectivity index (χ2n) is 5.41. The highest BCUT2D eigenvalue weighted by Crippen LogP contribution is 2.12. The number of aromatic amines is 1. The van der Waals surface area contributed by atoms with Gasteiger partial charge in [0.1, 0.15) is 13.1 Å². The second kappa shape index (κ2) is 8.70. The molecule has 25 heavy (non-hydrogen) atoms. The fourth-order valence-electron chi connectivity index (χ4n) is 2.11. The fraction of sp³-hybridized carbons (Fsp3) is 0.400. The van der Waals surface area contributed by atoms with Crippen molar-refractivity contribution in [3.63, 3.8) is 0 Å².